The Hall–Kier alpha value is -0.890. The second kappa shape index (κ2) is 4.96. The topological polar surface area (TPSA) is 26.0 Å². The summed E-state index contributed by atoms with van der Waals surface area (Å²) in [6.07, 6.45) is 1.80. The SMILES string of the molecule is Cc1cc(F)ccc1CC(N)CC(C)(C)C. The first-order chi connectivity index (χ1) is 7.28. The van der Waals surface area contributed by atoms with E-state index in [9.17, 15) is 4.39 Å². The van der Waals surface area contributed by atoms with E-state index in [1.54, 1.807) is 6.07 Å². The molecule has 90 valence electrons. The molecule has 0 aliphatic carbocycles. The molecule has 0 saturated heterocycles. The van der Waals surface area contributed by atoms with E-state index in [1.807, 2.05) is 13.0 Å². The van der Waals surface area contributed by atoms with E-state index in [0.717, 1.165) is 24.0 Å². The molecule has 1 atom stereocenters. The molecule has 1 aromatic carbocycles. The van der Waals surface area contributed by atoms with Crippen molar-refractivity contribution in [2.45, 2.75) is 46.6 Å². The Morgan fingerprint density at radius 3 is 2.44 bits per heavy atom. The van der Waals surface area contributed by atoms with Crippen molar-refractivity contribution in [1.29, 1.82) is 0 Å². The molecule has 0 fully saturated rings. The molecule has 16 heavy (non-hydrogen) atoms. The van der Waals surface area contributed by atoms with Gasteiger partial charge < -0.3 is 5.73 Å². The Bertz CT molecular complexity index is 352. The predicted molar refractivity (Wildman–Crippen MR) is 66.9 cm³/mol. The third-order valence-electron chi connectivity index (χ3n) is 2.66. The molecular formula is C14H22FN. The van der Waals surface area contributed by atoms with Crippen LogP contribution in [-0.2, 0) is 6.42 Å². The van der Waals surface area contributed by atoms with Gasteiger partial charge in [-0.2, -0.15) is 0 Å². The lowest BCUT2D eigenvalue weighted by Crippen LogP contribution is -2.28. The van der Waals surface area contributed by atoms with Crippen molar-refractivity contribution >= 4 is 0 Å². The minimum atomic E-state index is -0.175. The number of halogens is 1. The third-order valence-corrected chi connectivity index (χ3v) is 2.66. The van der Waals surface area contributed by atoms with Crippen LogP contribution in [0.2, 0.25) is 0 Å². The van der Waals surface area contributed by atoms with E-state index in [-0.39, 0.29) is 17.3 Å². The van der Waals surface area contributed by atoms with Crippen LogP contribution in [0.4, 0.5) is 4.39 Å². The lowest BCUT2D eigenvalue weighted by atomic mass is 9.86. The first kappa shape index (κ1) is 13.2. The highest BCUT2D eigenvalue weighted by atomic mass is 19.1. The van der Waals surface area contributed by atoms with E-state index >= 15 is 0 Å². The minimum Gasteiger partial charge on any atom is -0.327 e. The van der Waals surface area contributed by atoms with Gasteiger partial charge in [-0.3, -0.25) is 0 Å². The van der Waals surface area contributed by atoms with Crippen LogP contribution < -0.4 is 5.73 Å². The summed E-state index contributed by atoms with van der Waals surface area (Å²) in [6, 6.07) is 5.06. The van der Waals surface area contributed by atoms with Crippen LogP contribution in [-0.4, -0.2) is 6.04 Å². The van der Waals surface area contributed by atoms with Crippen LogP contribution in [0.25, 0.3) is 0 Å². The number of hydrogen-bond donors (Lipinski definition) is 1. The van der Waals surface area contributed by atoms with E-state index in [4.69, 9.17) is 5.73 Å². The second-order valence-corrected chi connectivity index (χ2v) is 5.80. The maximum absolute atomic E-state index is 12.9. The molecule has 0 radical (unpaired) electrons. The number of rotatable bonds is 3. The van der Waals surface area contributed by atoms with Gasteiger partial charge in [-0.25, -0.2) is 4.39 Å². The van der Waals surface area contributed by atoms with Crippen molar-refractivity contribution in [3.8, 4) is 0 Å². The fraction of sp³-hybridized carbons (Fsp3) is 0.571. The lowest BCUT2D eigenvalue weighted by molar-refractivity contribution is 0.338. The highest BCUT2D eigenvalue weighted by Gasteiger charge is 2.16. The number of aryl methyl sites for hydroxylation is 1. The van der Waals surface area contributed by atoms with Crippen LogP contribution in [0.15, 0.2) is 18.2 Å². The Kier molecular flexibility index (Phi) is 4.09. The molecule has 2 heteroatoms. The van der Waals surface area contributed by atoms with Gasteiger partial charge in [-0.05, 0) is 48.4 Å². The predicted octanol–water partition coefficient (Wildman–Crippen LogP) is 3.44. The van der Waals surface area contributed by atoms with Crippen LogP contribution in [0, 0.1) is 18.2 Å². The zero-order valence-electron chi connectivity index (χ0n) is 10.7. The summed E-state index contributed by atoms with van der Waals surface area (Å²) in [5.41, 5.74) is 8.49. The van der Waals surface area contributed by atoms with Gasteiger partial charge in [0.15, 0.2) is 0 Å². The highest BCUT2D eigenvalue weighted by Crippen LogP contribution is 2.22. The summed E-state index contributed by atoms with van der Waals surface area (Å²) in [7, 11) is 0. The van der Waals surface area contributed by atoms with Gasteiger partial charge in [0.2, 0.25) is 0 Å². The summed E-state index contributed by atoms with van der Waals surface area (Å²) in [4.78, 5) is 0. The molecule has 0 aromatic heterocycles. The van der Waals surface area contributed by atoms with Gasteiger partial charge in [-0.15, -0.1) is 0 Å². The Labute approximate surface area is 97.9 Å². The third kappa shape index (κ3) is 4.31. The lowest BCUT2D eigenvalue weighted by Gasteiger charge is -2.23. The fourth-order valence-corrected chi connectivity index (χ4v) is 2.03. The average Bonchev–Trinajstić information content (AvgIpc) is 2.06. The van der Waals surface area contributed by atoms with Crippen molar-refractivity contribution < 1.29 is 4.39 Å². The van der Waals surface area contributed by atoms with Crippen LogP contribution in [0.3, 0.4) is 0 Å². The Morgan fingerprint density at radius 2 is 1.94 bits per heavy atom. The van der Waals surface area contributed by atoms with Crippen molar-refractivity contribution in [1.82, 2.24) is 0 Å². The average molecular weight is 223 g/mol. The van der Waals surface area contributed by atoms with E-state index < -0.39 is 0 Å². The second-order valence-electron chi connectivity index (χ2n) is 5.80. The highest BCUT2D eigenvalue weighted by molar-refractivity contribution is 5.27. The molecule has 0 heterocycles. The molecule has 1 rings (SSSR count). The van der Waals surface area contributed by atoms with Crippen molar-refractivity contribution in [3.05, 3.63) is 35.1 Å². The van der Waals surface area contributed by atoms with E-state index in [0.29, 0.717) is 0 Å². The summed E-state index contributed by atoms with van der Waals surface area (Å²) >= 11 is 0. The molecular weight excluding hydrogens is 201 g/mol. The molecule has 1 nitrogen and oxygen atoms in total. The maximum atomic E-state index is 12.9. The van der Waals surface area contributed by atoms with Crippen LogP contribution in [0.1, 0.15) is 38.3 Å². The monoisotopic (exact) mass is 223 g/mol. The van der Waals surface area contributed by atoms with Gasteiger partial charge >= 0.3 is 0 Å². The summed E-state index contributed by atoms with van der Waals surface area (Å²) in [5, 5.41) is 0. The first-order valence-electron chi connectivity index (χ1n) is 5.78. The normalized spacial score (nSPS) is 13.9. The number of nitrogens with two attached hydrogens (primary N) is 1. The Morgan fingerprint density at radius 1 is 1.31 bits per heavy atom. The molecule has 0 saturated carbocycles. The van der Waals surface area contributed by atoms with Crippen LogP contribution >= 0.6 is 0 Å². The largest absolute Gasteiger partial charge is 0.327 e. The summed E-state index contributed by atoms with van der Waals surface area (Å²) in [5.74, 6) is -0.175. The van der Waals surface area contributed by atoms with Gasteiger partial charge in [0.1, 0.15) is 5.82 Å². The zero-order valence-corrected chi connectivity index (χ0v) is 10.7. The molecule has 1 unspecified atom stereocenters. The van der Waals surface area contributed by atoms with Crippen molar-refractivity contribution in [2.75, 3.05) is 0 Å². The van der Waals surface area contributed by atoms with Gasteiger partial charge in [0.05, 0.1) is 0 Å². The van der Waals surface area contributed by atoms with Crippen molar-refractivity contribution in [2.24, 2.45) is 11.1 Å². The molecule has 0 aliphatic heterocycles. The van der Waals surface area contributed by atoms with E-state index in [1.165, 1.54) is 6.07 Å². The summed E-state index contributed by atoms with van der Waals surface area (Å²) < 4.78 is 12.9. The molecule has 0 amide bonds. The molecule has 0 bridgehead atoms. The minimum absolute atomic E-state index is 0.143. The Balaban J connectivity index is 2.66. The quantitative estimate of drug-likeness (QED) is 0.834. The van der Waals surface area contributed by atoms with Crippen LogP contribution in [0.5, 0.6) is 0 Å². The smallest absolute Gasteiger partial charge is 0.123 e. The molecule has 1 aromatic rings. The number of benzene rings is 1. The molecule has 2 N–H and O–H groups in total. The molecule has 0 aliphatic rings. The first-order valence-corrected chi connectivity index (χ1v) is 5.78. The maximum Gasteiger partial charge on any atom is 0.123 e. The standard InChI is InChI=1S/C14H22FN/c1-10-7-12(15)6-5-11(10)8-13(16)9-14(2,3)4/h5-7,13H,8-9,16H2,1-4H3. The van der Waals surface area contributed by atoms with E-state index in [2.05, 4.69) is 20.8 Å². The zero-order chi connectivity index (χ0) is 12.3. The number of hydrogen-bond acceptors (Lipinski definition) is 1. The summed E-state index contributed by atoms with van der Waals surface area (Å²) in [6.45, 7) is 8.49. The van der Waals surface area contributed by atoms with Gasteiger partial charge in [0.25, 0.3) is 0 Å². The van der Waals surface area contributed by atoms with Gasteiger partial charge in [0, 0.05) is 6.04 Å². The van der Waals surface area contributed by atoms with Gasteiger partial charge in [-0.1, -0.05) is 26.8 Å². The van der Waals surface area contributed by atoms with Crippen molar-refractivity contribution in [3.63, 3.8) is 0 Å². The molecule has 0 spiro atoms. The fourth-order valence-electron chi connectivity index (χ4n) is 2.03.